The minimum atomic E-state index is -4.47. The number of Topliss-reactive ketones (excluding diaryl/α,β-unsaturated/α-hetero) is 1. The van der Waals surface area contributed by atoms with Gasteiger partial charge in [-0.1, -0.05) is 32.1 Å². The fourth-order valence-corrected chi connectivity index (χ4v) is 12.2. The van der Waals surface area contributed by atoms with E-state index >= 15 is 4.39 Å². The maximum atomic E-state index is 15.6. The predicted octanol–water partition coefficient (Wildman–Crippen LogP) is 11.0. The molecule has 4 heterocycles. The van der Waals surface area contributed by atoms with Crippen LogP contribution in [-0.2, 0) is 40.9 Å². The summed E-state index contributed by atoms with van der Waals surface area (Å²) < 4.78 is 110. The summed E-state index contributed by atoms with van der Waals surface area (Å²) in [6.45, 7) is 10.7. The number of fused-ring (bicyclic) bond motifs is 7. The highest BCUT2D eigenvalue weighted by Gasteiger charge is 2.77. The topological polar surface area (TPSA) is 252 Å². The average molecular weight is 1140 g/mol. The first-order valence-corrected chi connectivity index (χ1v) is 25.3. The standard InChI is InChI=1S/C26H33FO7.2C14H11F3N2O2.C3H4N2/c1-13(28)32-12-20(31)26-21(33-23(2,3)34-26)10-16-15-9-18(27)17-8-14(29)6-7-24(17,4)22(15)19(30)11-25(16,26)5;2*1-8-10(14(15,16)17)5-2-6-11(8)19-12-9(13(20)21)4-3-7-18-12;1-2-5-3-4-1/h6-8,15-16,18-19,21-22,30H,9-12H2,1-5H3;2*2-7H,1H3,(H,18,19)(H,20,21);1-3H,(H,4,5)/t15-,16-,18-,19-,21+,22+,24-,25-,26+;;;/m0.../s1. The van der Waals surface area contributed by atoms with Crippen LogP contribution >= 0.6 is 0 Å². The van der Waals surface area contributed by atoms with Crippen LogP contribution in [0.1, 0.15) is 96.9 Å². The van der Waals surface area contributed by atoms with Crippen molar-refractivity contribution in [3.8, 4) is 0 Å². The second-order valence-electron chi connectivity index (χ2n) is 21.0. The molecule has 0 bridgehead atoms. The van der Waals surface area contributed by atoms with Crippen LogP contribution in [0.3, 0.4) is 0 Å². The Morgan fingerprint density at radius 3 is 1.80 bits per heavy atom. The van der Waals surface area contributed by atoms with Gasteiger partial charge in [0.1, 0.15) is 28.9 Å². The van der Waals surface area contributed by atoms with Gasteiger partial charge in [0, 0.05) is 59.8 Å². The molecule has 1 aliphatic heterocycles. The number of imidazole rings is 1. The Balaban J connectivity index is 0.000000175. The van der Waals surface area contributed by atoms with Crippen LogP contribution in [0.25, 0.3) is 0 Å². The molecule has 0 spiro atoms. The highest BCUT2D eigenvalue weighted by atomic mass is 19.4. The number of nitrogens with one attached hydrogen (secondary N) is 3. The molecule has 0 unspecified atom stereocenters. The van der Waals surface area contributed by atoms with Crippen LogP contribution in [0.5, 0.6) is 0 Å². The molecule has 9 atom stereocenters. The number of ketones is 2. The van der Waals surface area contributed by atoms with Crippen LogP contribution in [0, 0.1) is 42.4 Å². The molecule has 0 radical (unpaired) electrons. The molecule has 10 rings (SSSR count). The molecule has 81 heavy (non-hydrogen) atoms. The van der Waals surface area contributed by atoms with Gasteiger partial charge in [-0.2, -0.15) is 26.3 Å². The summed E-state index contributed by atoms with van der Waals surface area (Å²) in [6.07, 6.45) is 1.56. The van der Waals surface area contributed by atoms with Crippen molar-refractivity contribution in [3.05, 3.63) is 149 Å². The van der Waals surface area contributed by atoms with Gasteiger partial charge in [0.05, 0.1) is 29.7 Å². The molecular formula is C57H59F7N6O11. The Bertz CT molecular complexity index is 3110. The normalized spacial score (nSPS) is 26.6. The fourth-order valence-electron chi connectivity index (χ4n) is 12.2. The first-order chi connectivity index (χ1) is 37.9. The lowest BCUT2D eigenvalue weighted by Crippen LogP contribution is -2.64. The first kappa shape index (κ1) is 60.8. The summed E-state index contributed by atoms with van der Waals surface area (Å²) in [7, 11) is 0. The summed E-state index contributed by atoms with van der Waals surface area (Å²) in [4.78, 5) is 73.4. The molecule has 432 valence electrons. The van der Waals surface area contributed by atoms with Gasteiger partial charge in [-0.05, 0) is 136 Å². The number of anilines is 4. The number of aliphatic hydroxyl groups is 1. The molecular weight excluding hydrogens is 1080 g/mol. The van der Waals surface area contributed by atoms with Crippen LogP contribution in [0.4, 0.5) is 53.7 Å². The smallest absolute Gasteiger partial charge is 0.416 e. The van der Waals surface area contributed by atoms with E-state index in [2.05, 4.69) is 30.6 Å². The number of ether oxygens (including phenoxy) is 3. The van der Waals surface area contributed by atoms with Crippen molar-refractivity contribution in [3.63, 3.8) is 0 Å². The van der Waals surface area contributed by atoms with Gasteiger partial charge in [0.15, 0.2) is 23.8 Å². The van der Waals surface area contributed by atoms with Crippen LogP contribution in [-0.4, -0.2) is 101 Å². The number of aromatic nitrogens is 4. The number of nitrogens with zero attached hydrogens (tertiary/aromatic N) is 3. The molecule has 0 amide bonds. The Morgan fingerprint density at radius 1 is 0.802 bits per heavy atom. The molecule has 17 nitrogen and oxygen atoms in total. The summed E-state index contributed by atoms with van der Waals surface area (Å²) in [6, 6.07) is 12.8. The number of carboxylic acids is 2. The number of hydrogen-bond acceptors (Lipinski definition) is 14. The molecule has 3 saturated carbocycles. The van der Waals surface area contributed by atoms with E-state index in [4.69, 9.17) is 24.4 Å². The predicted molar refractivity (Wildman–Crippen MR) is 278 cm³/mol. The maximum absolute atomic E-state index is 15.6. The summed E-state index contributed by atoms with van der Waals surface area (Å²) >= 11 is 0. The molecule has 5 aromatic rings. The Kier molecular flexibility index (Phi) is 17.5. The van der Waals surface area contributed by atoms with Gasteiger partial charge in [0.2, 0.25) is 5.78 Å². The highest BCUT2D eigenvalue weighted by Crippen LogP contribution is 2.70. The number of carbonyl (C=O) groups is 5. The number of aromatic carboxylic acids is 2. The SMILES string of the molecule is CC(=O)OCC(=O)[C@@]12OC(C)(C)O[C@@H]1C[C@H]1[C@@H]3C[C@H](F)C4=CC(=O)C=C[C@]4(C)[C@H]3[C@@H](O)C[C@@]12C.Cc1c(Nc2ncccc2C(=O)O)cccc1C(F)(F)F.Cc1c(Nc2ncccc2C(=O)O)cccc1C(F)(F)F.c1c[nH]cn1. The lowest BCUT2D eigenvalue weighted by atomic mass is 9.46. The second kappa shape index (κ2) is 23.3. The van der Waals surface area contributed by atoms with E-state index in [1.54, 1.807) is 38.6 Å². The van der Waals surface area contributed by atoms with Crippen molar-refractivity contribution in [2.75, 3.05) is 17.2 Å². The van der Waals surface area contributed by atoms with Gasteiger partial charge in [-0.15, -0.1) is 0 Å². The molecule has 1 saturated heterocycles. The third-order valence-corrected chi connectivity index (χ3v) is 15.6. The first-order valence-electron chi connectivity index (χ1n) is 25.3. The third-order valence-electron chi connectivity index (χ3n) is 15.6. The van der Waals surface area contributed by atoms with Gasteiger partial charge in [-0.3, -0.25) is 14.4 Å². The number of halogens is 7. The molecule has 4 fully saturated rings. The number of hydrogen-bond donors (Lipinski definition) is 6. The number of aromatic amines is 1. The van der Waals surface area contributed by atoms with Crippen molar-refractivity contribution in [1.29, 1.82) is 0 Å². The average Bonchev–Trinajstić information content (AvgIpc) is 3.65. The number of benzene rings is 2. The van der Waals surface area contributed by atoms with Gasteiger partial charge in [-0.25, -0.2) is 28.9 Å². The van der Waals surface area contributed by atoms with E-state index < -0.39 is 94.4 Å². The molecule has 2 aromatic carbocycles. The second-order valence-corrected chi connectivity index (χ2v) is 21.0. The zero-order valence-electron chi connectivity index (χ0n) is 44.8. The van der Waals surface area contributed by atoms with Gasteiger partial charge < -0.3 is 45.1 Å². The summed E-state index contributed by atoms with van der Waals surface area (Å²) in [5.74, 6) is -5.38. The van der Waals surface area contributed by atoms with Crippen LogP contribution in [0.15, 0.2) is 116 Å². The van der Waals surface area contributed by atoms with E-state index in [0.29, 0.717) is 12.0 Å². The molecule has 24 heteroatoms. The fraction of sp³-hybridized carbons (Fsp3) is 0.404. The Morgan fingerprint density at radius 2 is 1.35 bits per heavy atom. The zero-order valence-corrected chi connectivity index (χ0v) is 44.8. The Hall–Kier alpha value is -7.83. The Labute approximate surface area is 460 Å². The summed E-state index contributed by atoms with van der Waals surface area (Å²) in [5, 5.41) is 34.9. The van der Waals surface area contributed by atoms with E-state index in [9.17, 15) is 55.4 Å². The van der Waals surface area contributed by atoms with Crippen LogP contribution < -0.4 is 10.6 Å². The minimum absolute atomic E-state index is 0.00701. The van der Waals surface area contributed by atoms with Crippen LogP contribution in [0.2, 0.25) is 0 Å². The third kappa shape index (κ3) is 12.4. The highest BCUT2D eigenvalue weighted by molar-refractivity contribution is 6.01. The van der Waals surface area contributed by atoms with E-state index in [0.717, 1.165) is 12.1 Å². The van der Waals surface area contributed by atoms with Gasteiger partial charge >= 0.3 is 30.3 Å². The number of alkyl halides is 7. The lowest BCUT2D eigenvalue weighted by Gasteiger charge is -2.60. The molecule has 5 aliphatic rings. The summed E-state index contributed by atoms with van der Waals surface area (Å²) in [5.41, 5.74) is -4.14. The minimum Gasteiger partial charge on any atom is -0.478 e. The zero-order chi connectivity index (χ0) is 59.6. The quantitative estimate of drug-likeness (QED) is 0.0593. The van der Waals surface area contributed by atoms with Crippen molar-refractivity contribution < 1.29 is 84.2 Å². The number of allylic oxidation sites excluding steroid dienone is 4. The van der Waals surface area contributed by atoms with Crippen molar-refractivity contribution in [2.24, 2.45) is 28.6 Å². The van der Waals surface area contributed by atoms with Crippen molar-refractivity contribution in [1.82, 2.24) is 19.9 Å². The van der Waals surface area contributed by atoms with Crippen molar-refractivity contribution >= 4 is 52.5 Å². The van der Waals surface area contributed by atoms with Crippen molar-refractivity contribution in [2.45, 2.75) is 110 Å². The molecule has 3 aromatic heterocycles. The van der Waals surface area contributed by atoms with E-state index in [1.165, 1.54) is 93.8 Å². The number of pyridine rings is 2. The number of carbonyl (C=O) groups excluding carboxylic acids is 3. The maximum Gasteiger partial charge on any atom is 0.416 e. The number of H-pyrrole nitrogens is 1. The number of esters is 1. The number of aliphatic hydroxyl groups excluding tert-OH is 1. The number of rotatable bonds is 9. The van der Waals surface area contributed by atoms with E-state index in [-0.39, 0.29) is 81.6 Å². The largest absolute Gasteiger partial charge is 0.478 e. The number of carboxylic acid groups (broad SMARTS) is 2. The van der Waals surface area contributed by atoms with Gasteiger partial charge in [0.25, 0.3) is 0 Å². The molecule has 4 aliphatic carbocycles. The lowest BCUT2D eigenvalue weighted by molar-refractivity contribution is -0.227. The molecule has 6 N–H and O–H groups in total. The van der Waals surface area contributed by atoms with E-state index in [1.807, 2.05) is 13.8 Å². The monoisotopic (exact) mass is 1140 g/mol.